The maximum absolute atomic E-state index is 14.1. The third kappa shape index (κ3) is 3.80. The minimum atomic E-state index is -6.98. The Morgan fingerprint density at radius 1 is 0.567 bits per heavy atom. The Balaban J connectivity index is 4.05. The van der Waals surface area contributed by atoms with Crippen molar-refractivity contribution < 1.29 is 66.6 Å². The van der Waals surface area contributed by atoms with E-state index < -0.39 is 58.3 Å². The Kier molecular flexibility index (Phi) is 5.99. The van der Waals surface area contributed by atoms with Crippen molar-refractivity contribution in [1.82, 2.24) is 0 Å². The molecule has 1 nitrogen and oxygen atoms in total. The molecule has 1 aromatic carbocycles. The molecule has 0 aromatic heterocycles. The topological polar surface area (TPSA) is 20.2 Å². The lowest BCUT2D eigenvalue weighted by Gasteiger charge is -2.36. The van der Waals surface area contributed by atoms with Gasteiger partial charge >= 0.3 is 36.0 Å². The number of rotatable bonds is 5. The molecule has 0 aliphatic heterocycles. The van der Waals surface area contributed by atoms with Gasteiger partial charge < -0.3 is 5.11 Å². The van der Waals surface area contributed by atoms with E-state index in [2.05, 4.69) is 0 Å². The van der Waals surface area contributed by atoms with Crippen LogP contribution in [-0.4, -0.2) is 29.3 Å². The average Bonchev–Trinajstić information content (AvgIpc) is 2.50. The molecular weight excluding hydrogens is 462 g/mol. The van der Waals surface area contributed by atoms with Gasteiger partial charge in [0.2, 0.25) is 0 Å². The standard InChI is InChI=1S/C15H10F14O/c1-9(2,30)8-6(10(16,17)12(20,21)14(24,25)26)4-3-5-7(8)11(18,19)13(22,23)15(27,28)29/h3-5,30H,1-2H3. The van der Waals surface area contributed by atoms with Crippen LogP contribution < -0.4 is 0 Å². The molecule has 1 rings (SSSR count). The Morgan fingerprint density at radius 2 is 0.833 bits per heavy atom. The van der Waals surface area contributed by atoms with Crippen LogP contribution in [0.1, 0.15) is 30.5 Å². The fraction of sp³-hybridized carbons (Fsp3) is 0.600. The highest BCUT2D eigenvalue weighted by atomic mass is 19.4. The van der Waals surface area contributed by atoms with Gasteiger partial charge in [-0.2, -0.15) is 61.5 Å². The van der Waals surface area contributed by atoms with E-state index >= 15 is 0 Å². The van der Waals surface area contributed by atoms with Gasteiger partial charge in [-0.15, -0.1) is 0 Å². The van der Waals surface area contributed by atoms with Crippen molar-refractivity contribution in [3.05, 3.63) is 34.9 Å². The van der Waals surface area contributed by atoms with Crippen LogP contribution in [-0.2, 0) is 17.4 Å². The first-order chi connectivity index (χ1) is 12.8. The summed E-state index contributed by atoms with van der Waals surface area (Å²) in [7, 11) is 0. The van der Waals surface area contributed by atoms with Crippen LogP contribution in [0.3, 0.4) is 0 Å². The van der Waals surface area contributed by atoms with Gasteiger partial charge in [-0.3, -0.25) is 0 Å². The van der Waals surface area contributed by atoms with Crippen molar-refractivity contribution in [3.63, 3.8) is 0 Å². The van der Waals surface area contributed by atoms with Crippen LogP contribution in [0.15, 0.2) is 18.2 Å². The van der Waals surface area contributed by atoms with Crippen LogP contribution in [0.5, 0.6) is 0 Å². The molecule has 0 amide bonds. The van der Waals surface area contributed by atoms with Gasteiger partial charge in [-0.25, -0.2) is 0 Å². The summed E-state index contributed by atoms with van der Waals surface area (Å²) in [6.45, 7) is 0.470. The number of benzene rings is 1. The molecule has 0 bridgehead atoms. The molecule has 15 heteroatoms. The third-order valence-corrected chi connectivity index (χ3v) is 3.85. The van der Waals surface area contributed by atoms with Crippen LogP contribution in [0.4, 0.5) is 61.5 Å². The molecule has 0 heterocycles. The van der Waals surface area contributed by atoms with E-state index in [1.807, 2.05) is 0 Å². The van der Waals surface area contributed by atoms with Crippen molar-refractivity contribution in [2.75, 3.05) is 0 Å². The van der Waals surface area contributed by atoms with E-state index in [9.17, 15) is 66.6 Å². The maximum Gasteiger partial charge on any atom is 0.460 e. The molecule has 0 saturated heterocycles. The van der Waals surface area contributed by atoms with Crippen LogP contribution >= 0.6 is 0 Å². The molecule has 174 valence electrons. The smallest absolute Gasteiger partial charge is 0.386 e. The molecular formula is C15H10F14O. The molecule has 0 fully saturated rings. The lowest BCUT2D eigenvalue weighted by Crippen LogP contribution is -2.53. The van der Waals surface area contributed by atoms with E-state index in [0.717, 1.165) is 0 Å². The van der Waals surface area contributed by atoms with Gasteiger partial charge in [-0.05, 0) is 13.8 Å². The summed E-state index contributed by atoms with van der Waals surface area (Å²) in [6.07, 6.45) is -14.0. The Bertz CT molecular complexity index is 726. The van der Waals surface area contributed by atoms with Crippen LogP contribution in [0.25, 0.3) is 0 Å². The minimum absolute atomic E-state index is 0.152. The van der Waals surface area contributed by atoms with Crippen molar-refractivity contribution in [2.24, 2.45) is 0 Å². The Morgan fingerprint density at radius 3 is 1.03 bits per heavy atom. The molecule has 30 heavy (non-hydrogen) atoms. The highest BCUT2D eigenvalue weighted by Gasteiger charge is 2.76. The minimum Gasteiger partial charge on any atom is -0.386 e. The largest absolute Gasteiger partial charge is 0.460 e. The first-order valence-electron chi connectivity index (χ1n) is 7.36. The van der Waals surface area contributed by atoms with Gasteiger partial charge in [0.05, 0.1) is 5.60 Å². The second kappa shape index (κ2) is 6.85. The zero-order chi connectivity index (χ0) is 24.4. The van der Waals surface area contributed by atoms with Crippen molar-refractivity contribution in [1.29, 1.82) is 0 Å². The molecule has 0 radical (unpaired) electrons. The summed E-state index contributed by atoms with van der Waals surface area (Å²) < 4.78 is 184. The fourth-order valence-corrected chi connectivity index (χ4v) is 2.43. The van der Waals surface area contributed by atoms with Crippen molar-refractivity contribution >= 4 is 0 Å². The maximum atomic E-state index is 14.1. The van der Waals surface area contributed by atoms with Gasteiger partial charge in [0.1, 0.15) is 0 Å². The molecule has 0 aliphatic rings. The molecule has 0 spiro atoms. The summed E-state index contributed by atoms with van der Waals surface area (Å²) in [6, 6.07) is -0.822. The quantitative estimate of drug-likeness (QED) is 0.486. The predicted molar refractivity (Wildman–Crippen MR) is 71.5 cm³/mol. The van der Waals surface area contributed by atoms with E-state index in [1.54, 1.807) is 0 Å². The summed E-state index contributed by atoms with van der Waals surface area (Å²) in [4.78, 5) is 0. The van der Waals surface area contributed by atoms with Crippen LogP contribution in [0.2, 0.25) is 0 Å². The summed E-state index contributed by atoms with van der Waals surface area (Å²) in [5.74, 6) is -26.8. The summed E-state index contributed by atoms with van der Waals surface area (Å²) in [5.41, 5.74) is -11.1. The zero-order valence-electron chi connectivity index (χ0n) is 14.5. The Labute approximate surface area is 158 Å². The number of alkyl halides is 14. The SMILES string of the molecule is CC(C)(O)c1c(C(F)(F)C(F)(F)C(F)(F)F)cccc1C(F)(F)C(F)(F)C(F)(F)F. The summed E-state index contributed by atoms with van der Waals surface area (Å²) >= 11 is 0. The second-order valence-corrected chi connectivity index (χ2v) is 6.58. The van der Waals surface area contributed by atoms with E-state index in [0.29, 0.717) is 0 Å². The summed E-state index contributed by atoms with van der Waals surface area (Å²) in [5, 5.41) is 9.80. The Hall–Kier alpha value is -1.80. The first kappa shape index (κ1) is 26.2. The lowest BCUT2D eigenvalue weighted by molar-refractivity contribution is -0.361. The van der Waals surface area contributed by atoms with E-state index in [4.69, 9.17) is 0 Å². The third-order valence-electron chi connectivity index (χ3n) is 3.85. The molecule has 0 aliphatic carbocycles. The molecule has 1 aromatic rings. The monoisotopic (exact) mass is 472 g/mol. The van der Waals surface area contributed by atoms with Crippen molar-refractivity contribution in [3.8, 4) is 0 Å². The number of hydrogen-bond acceptors (Lipinski definition) is 1. The number of hydrogen-bond donors (Lipinski definition) is 1. The zero-order valence-corrected chi connectivity index (χ0v) is 14.5. The lowest BCUT2D eigenvalue weighted by atomic mass is 9.81. The van der Waals surface area contributed by atoms with Crippen molar-refractivity contribution in [2.45, 2.75) is 55.5 Å². The number of aliphatic hydroxyl groups is 1. The van der Waals surface area contributed by atoms with E-state index in [-0.39, 0.29) is 32.0 Å². The number of halogens is 14. The van der Waals surface area contributed by atoms with Crippen LogP contribution in [0, 0.1) is 0 Å². The predicted octanol–water partition coefficient (Wildman–Crippen LogP) is 6.49. The van der Waals surface area contributed by atoms with Gasteiger partial charge in [0, 0.05) is 16.7 Å². The van der Waals surface area contributed by atoms with Gasteiger partial charge in [-0.1, -0.05) is 18.2 Å². The average molecular weight is 472 g/mol. The van der Waals surface area contributed by atoms with Gasteiger partial charge in [0.25, 0.3) is 0 Å². The molecule has 1 N–H and O–H groups in total. The fourth-order valence-electron chi connectivity index (χ4n) is 2.43. The highest BCUT2D eigenvalue weighted by molar-refractivity contribution is 5.46. The first-order valence-corrected chi connectivity index (χ1v) is 7.36. The normalized spacial score (nSPS) is 15.5. The molecule has 0 atom stereocenters. The highest BCUT2D eigenvalue weighted by Crippen LogP contribution is 2.57. The van der Waals surface area contributed by atoms with Gasteiger partial charge in [0.15, 0.2) is 0 Å². The molecule has 0 saturated carbocycles. The van der Waals surface area contributed by atoms with E-state index in [1.165, 1.54) is 0 Å². The molecule has 0 unspecified atom stereocenters. The second-order valence-electron chi connectivity index (χ2n) is 6.58.